The summed E-state index contributed by atoms with van der Waals surface area (Å²) in [5, 5.41) is 1.13. The lowest BCUT2D eigenvalue weighted by molar-refractivity contribution is 0.0526. The highest BCUT2D eigenvalue weighted by Gasteiger charge is 2.29. The smallest absolute Gasteiger partial charge is 0.340 e. The Kier molecular flexibility index (Phi) is 6.22. The molecule has 0 fully saturated rings. The minimum Gasteiger partial charge on any atom is -0.462 e. The van der Waals surface area contributed by atoms with Gasteiger partial charge < -0.3 is 14.3 Å². The zero-order chi connectivity index (χ0) is 22.8. The highest BCUT2D eigenvalue weighted by molar-refractivity contribution is 6.10. The van der Waals surface area contributed by atoms with Crippen LogP contribution in [0.3, 0.4) is 0 Å². The van der Waals surface area contributed by atoms with Crippen molar-refractivity contribution in [3.05, 3.63) is 71.0 Å². The van der Waals surface area contributed by atoms with Gasteiger partial charge in [-0.05, 0) is 51.8 Å². The average molecular weight is 429 g/mol. The molecular formula is C28H32N2O2. The number of carbonyl (C=O) groups is 1. The lowest BCUT2D eigenvalue weighted by Gasteiger charge is -2.10. The summed E-state index contributed by atoms with van der Waals surface area (Å²) in [6, 6.07) is 16.8. The molecule has 2 heterocycles. The third-order valence-electron chi connectivity index (χ3n) is 6.26. The van der Waals surface area contributed by atoms with Gasteiger partial charge in [-0.1, -0.05) is 55.3 Å². The normalized spacial score (nSPS) is 11.3. The van der Waals surface area contributed by atoms with E-state index in [0.29, 0.717) is 12.2 Å². The van der Waals surface area contributed by atoms with Crippen LogP contribution in [0.4, 0.5) is 0 Å². The topological polar surface area (TPSA) is 47.0 Å². The van der Waals surface area contributed by atoms with Crippen LogP contribution in [0.2, 0.25) is 0 Å². The highest BCUT2D eigenvalue weighted by atomic mass is 16.5. The van der Waals surface area contributed by atoms with Gasteiger partial charge in [-0.15, -0.1) is 0 Å². The molecule has 1 N–H and O–H groups in total. The van der Waals surface area contributed by atoms with Crippen LogP contribution in [0.25, 0.3) is 33.3 Å². The number of nitrogens with zero attached hydrogens (tertiary/aromatic N) is 1. The molecule has 0 aliphatic rings. The third kappa shape index (κ3) is 3.75. The van der Waals surface area contributed by atoms with Gasteiger partial charge in [0.1, 0.15) is 0 Å². The van der Waals surface area contributed by atoms with E-state index in [9.17, 15) is 4.79 Å². The van der Waals surface area contributed by atoms with Crippen molar-refractivity contribution in [1.82, 2.24) is 9.55 Å². The number of hydrogen-bond donors (Lipinski definition) is 1. The van der Waals surface area contributed by atoms with Crippen molar-refractivity contribution in [2.45, 2.75) is 54.0 Å². The number of rotatable bonds is 7. The number of benzene rings is 2. The van der Waals surface area contributed by atoms with Crippen LogP contribution in [-0.4, -0.2) is 22.1 Å². The molecule has 0 amide bonds. The number of H-pyrrole nitrogens is 1. The summed E-state index contributed by atoms with van der Waals surface area (Å²) in [6.45, 7) is 11.6. The molecule has 4 rings (SSSR count). The monoisotopic (exact) mass is 428 g/mol. The van der Waals surface area contributed by atoms with Gasteiger partial charge in [-0.3, -0.25) is 0 Å². The van der Waals surface area contributed by atoms with E-state index in [4.69, 9.17) is 4.74 Å². The summed E-state index contributed by atoms with van der Waals surface area (Å²) < 4.78 is 7.83. The second-order valence-corrected chi connectivity index (χ2v) is 8.44. The Labute approximate surface area is 190 Å². The lowest BCUT2D eigenvalue weighted by atomic mass is 9.94. The maximum atomic E-state index is 13.2. The SMILES string of the molecule is CCCCn1c(C)c(C(=O)OCC)c(-c2c(-c3ccccc3)[nH]c3ccc(C)cc23)c1C. The van der Waals surface area contributed by atoms with Crippen molar-refractivity contribution < 1.29 is 9.53 Å². The van der Waals surface area contributed by atoms with Crippen LogP contribution in [-0.2, 0) is 11.3 Å². The first-order valence-corrected chi connectivity index (χ1v) is 11.5. The van der Waals surface area contributed by atoms with Gasteiger partial charge in [0.25, 0.3) is 0 Å². The zero-order valence-electron chi connectivity index (χ0n) is 19.7. The number of ether oxygens (including phenoxy) is 1. The number of fused-ring (bicyclic) bond motifs is 1. The van der Waals surface area contributed by atoms with Gasteiger partial charge in [-0.2, -0.15) is 0 Å². The second-order valence-electron chi connectivity index (χ2n) is 8.44. The Hall–Kier alpha value is -3.27. The Morgan fingerprint density at radius 1 is 0.969 bits per heavy atom. The first kappa shape index (κ1) is 21.9. The molecule has 0 bridgehead atoms. The molecule has 0 radical (unpaired) electrons. The van der Waals surface area contributed by atoms with E-state index >= 15 is 0 Å². The van der Waals surface area contributed by atoms with Crippen LogP contribution in [0.5, 0.6) is 0 Å². The van der Waals surface area contributed by atoms with E-state index in [1.165, 1.54) is 5.56 Å². The van der Waals surface area contributed by atoms with Gasteiger partial charge in [0, 0.05) is 40.0 Å². The van der Waals surface area contributed by atoms with Crippen molar-refractivity contribution in [3.8, 4) is 22.4 Å². The molecule has 0 atom stereocenters. The molecule has 4 heteroatoms. The molecule has 0 spiro atoms. The Morgan fingerprint density at radius 2 is 1.72 bits per heavy atom. The number of hydrogen-bond acceptors (Lipinski definition) is 2. The minimum atomic E-state index is -0.251. The number of aryl methyl sites for hydroxylation is 1. The molecule has 0 saturated heterocycles. The lowest BCUT2D eigenvalue weighted by Crippen LogP contribution is -2.08. The fourth-order valence-electron chi connectivity index (χ4n) is 4.68. The number of aromatic nitrogens is 2. The van der Waals surface area contributed by atoms with Crippen molar-refractivity contribution in [3.63, 3.8) is 0 Å². The first-order valence-electron chi connectivity index (χ1n) is 11.5. The van der Waals surface area contributed by atoms with E-state index in [2.05, 4.69) is 60.7 Å². The van der Waals surface area contributed by atoms with Crippen LogP contribution in [0.15, 0.2) is 48.5 Å². The number of nitrogens with one attached hydrogen (secondary N) is 1. The Balaban J connectivity index is 2.10. The molecule has 0 aliphatic heterocycles. The minimum absolute atomic E-state index is 0.251. The van der Waals surface area contributed by atoms with Gasteiger partial charge in [0.15, 0.2) is 0 Å². The second kappa shape index (κ2) is 9.07. The van der Waals surface area contributed by atoms with Crippen LogP contribution in [0.1, 0.15) is 54.0 Å². The van der Waals surface area contributed by atoms with Crippen molar-refractivity contribution >= 4 is 16.9 Å². The Bertz CT molecular complexity index is 1260. The van der Waals surface area contributed by atoms with Crippen molar-refractivity contribution in [1.29, 1.82) is 0 Å². The van der Waals surface area contributed by atoms with E-state index in [-0.39, 0.29) is 5.97 Å². The maximum absolute atomic E-state index is 13.2. The molecule has 2 aromatic carbocycles. The van der Waals surface area contributed by atoms with E-state index in [0.717, 1.165) is 64.1 Å². The quantitative estimate of drug-likeness (QED) is 0.316. The van der Waals surface area contributed by atoms with Crippen LogP contribution < -0.4 is 0 Å². The van der Waals surface area contributed by atoms with E-state index < -0.39 is 0 Å². The molecule has 166 valence electrons. The fourth-order valence-corrected chi connectivity index (χ4v) is 4.68. The predicted molar refractivity (Wildman–Crippen MR) is 132 cm³/mol. The summed E-state index contributed by atoms with van der Waals surface area (Å²) in [7, 11) is 0. The number of carbonyl (C=O) groups excluding carboxylic acids is 1. The standard InChI is InChI=1S/C28H32N2O2/c1-6-8-16-30-19(4)24(25(20(30)5)28(31)32-7-2)26-22-17-18(3)14-15-23(22)29-27(26)21-12-10-9-11-13-21/h9-15,17,29H,6-8,16H2,1-5H3. The predicted octanol–water partition coefficient (Wildman–Crippen LogP) is 7.21. The Morgan fingerprint density at radius 3 is 2.41 bits per heavy atom. The molecule has 0 aliphatic carbocycles. The summed E-state index contributed by atoms with van der Waals surface area (Å²) >= 11 is 0. The third-order valence-corrected chi connectivity index (χ3v) is 6.26. The van der Waals surface area contributed by atoms with Gasteiger partial charge in [0.05, 0.1) is 17.9 Å². The molecule has 0 unspecified atom stereocenters. The highest BCUT2D eigenvalue weighted by Crippen LogP contribution is 2.43. The molecule has 4 aromatic rings. The van der Waals surface area contributed by atoms with Gasteiger partial charge in [-0.25, -0.2) is 4.79 Å². The van der Waals surface area contributed by atoms with Gasteiger partial charge in [0.2, 0.25) is 0 Å². The summed E-state index contributed by atoms with van der Waals surface area (Å²) in [6.07, 6.45) is 2.17. The molecular weight excluding hydrogens is 396 g/mol. The van der Waals surface area contributed by atoms with E-state index in [1.54, 1.807) is 0 Å². The van der Waals surface area contributed by atoms with Crippen molar-refractivity contribution in [2.24, 2.45) is 0 Å². The summed E-state index contributed by atoms with van der Waals surface area (Å²) in [5.41, 5.74) is 9.22. The summed E-state index contributed by atoms with van der Waals surface area (Å²) in [4.78, 5) is 16.9. The molecule has 32 heavy (non-hydrogen) atoms. The van der Waals surface area contributed by atoms with Crippen LogP contribution >= 0.6 is 0 Å². The number of esters is 1. The zero-order valence-corrected chi connectivity index (χ0v) is 19.7. The fraction of sp³-hybridized carbons (Fsp3) is 0.321. The number of aromatic amines is 1. The van der Waals surface area contributed by atoms with Crippen LogP contribution in [0, 0.1) is 20.8 Å². The van der Waals surface area contributed by atoms with Gasteiger partial charge >= 0.3 is 5.97 Å². The van der Waals surface area contributed by atoms with E-state index in [1.807, 2.05) is 32.0 Å². The molecule has 0 saturated carbocycles. The number of unbranched alkanes of at least 4 members (excludes halogenated alkanes) is 1. The molecule has 4 nitrogen and oxygen atoms in total. The van der Waals surface area contributed by atoms with Crippen molar-refractivity contribution in [2.75, 3.05) is 6.61 Å². The molecule has 2 aromatic heterocycles. The average Bonchev–Trinajstić information content (AvgIpc) is 3.27. The summed E-state index contributed by atoms with van der Waals surface area (Å²) in [5.74, 6) is -0.251. The maximum Gasteiger partial charge on any atom is 0.340 e. The largest absolute Gasteiger partial charge is 0.462 e. The first-order chi connectivity index (χ1) is 15.5.